The van der Waals surface area contributed by atoms with E-state index in [-0.39, 0.29) is 52.5 Å². The number of hydrogen-bond acceptors (Lipinski definition) is 24. The summed E-state index contributed by atoms with van der Waals surface area (Å²) in [5, 5.41) is 33.3. The molecule has 0 saturated carbocycles. The second-order valence-corrected chi connectivity index (χ2v) is 31.6. The molecule has 6 aliphatic rings. The quantitative estimate of drug-likeness (QED) is 0.0404. The molecular weight excluding hydrogens is 1300 g/mol. The van der Waals surface area contributed by atoms with Crippen molar-refractivity contribution in [3.8, 4) is 5.40 Å². The van der Waals surface area contributed by atoms with Gasteiger partial charge in [0.15, 0.2) is 10.3 Å². The van der Waals surface area contributed by atoms with Crippen molar-refractivity contribution in [3.63, 3.8) is 0 Å². The number of carbonyl (C=O) groups is 6. The molecule has 494 valence electrons. The molecule has 2 amide bonds. The van der Waals surface area contributed by atoms with Gasteiger partial charge in [0.25, 0.3) is 17.8 Å². The van der Waals surface area contributed by atoms with E-state index in [2.05, 4.69) is 47.1 Å². The molecule has 31 heteroatoms. The van der Waals surface area contributed by atoms with Gasteiger partial charge in [-0.05, 0) is 184 Å². The number of nitriles is 1. The Morgan fingerprint density at radius 2 is 1.14 bits per heavy atom. The number of carbonyl (C=O) groups excluding carboxylic acids is 4. The summed E-state index contributed by atoms with van der Waals surface area (Å²) >= 11 is 5.68. The van der Waals surface area contributed by atoms with Crippen LogP contribution in [0.4, 0.5) is 0 Å². The smallest absolute Gasteiger partial charge is 0.316 e. The molecule has 0 bridgehead atoms. The number of aromatic nitrogens is 2. The van der Waals surface area contributed by atoms with Crippen molar-refractivity contribution < 1.29 is 69.0 Å². The van der Waals surface area contributed by atoms with Crippen LogP contribution >= 0.6 is 47.0 Å². The number of pyridine rings is 2. The lowest BCUT2D eigenvalue weighted by atomic mass is 10.0. The highest BCUT2D eigenvalue weighted by atomic mass is 32.2. The van der Waals surface area contributed by atoms with Gasteiger partial charge in [-0.2, -0.15) is 17.0 Å². The third kappa shape index (κ3) is 33.9. The summed E-state index contributed by atoms with van der Waals surface area (Å²) in [6.45, 7) is 6.99. The number of ether oxygens (including phenoxy) is 1. The van der Waals surface area contributed by atoms with Gasteiger partial charge < -0.3 is 37.1 Å². The van der Waals surface area contributed by atoms with Crippen LogP contribution in [0, 0.1) is 34.3 Å². The van der Waals surface area contributed by atoms with Gasteiger partial charge in [-0.3, -0.25) is 48.7 Å². The van der Waals surface area contributed by atoms with Crippen LogP contribution in [-0.4, -0.2) is 182 Å². The Labute approximate surface area is 544 Å². The lowest BCUT2D eigenvalue weighted by Gasteiger charge is -2.19. The highest BCUT2D eigenvalue weighted by molar-refractivity contribution is 8.18. The average Bonchev–Trinajstić information content (AvgIpc) is 4.24. The van der Waals surface area contributed by atoms with Gasteiger partial charge >= 0.3 is 5.97 Å². The molecule has 6 fully saturated rings. The van der Waals surface area contributed by atoms with Crippen LogP contribution in [-0.2, 0) is 58.2 Å². The summed E-state index contributed by atoms with van der Waals surface area (Å²) in [6.07, 6.45) is 13.1. The van der Waals surface area contributed by atoms with Crippen molar-refractivity contribution >= 4 is 151 Å². The Balaban J connectivity index is 0.000000291. The zero-order chi connectivity index (χ0) is 66.5. The summed E-state index contributed by atoms with van der Waals surface area (Å²) in [5.74, 6) is 4.71. The van der Waals surface area contributed by atoms with E-state index < -0.39 is 41.5 Å². The number of nitrogens with two attached hydrogens (primary N) is 2. The number of hydrogen-bond donors (Lipinski definition) is 6. The number of aliphatic carboxylic acids is 2. The molecule has 10 rings (SSSR count). The van der Waals surface area contributed by atoms with Crippen LogP contribution in [0.1, 0.15) is 88.1 Å². The van der Waals surface area contributed by atoms with E-state index in [9.17, 15) is 44.4 Å². The van der Waals surface area contributed by atoms with Crippen molar-refractivity contribution in [2.24, 2.45) is 45.1 Å². The van der Waals surface area contributed by atoms with Crippen molar-refractivity contribution in [1.29, 1.82) is 5.26 Å². The number of nitrogens with one attached hydrogen (secondary N) is 2. The fraction of sp³-hybridized carbons (Fsp3) is 0.508. The number of thiocyanates is 1. The number of aliphatic imine (C=N–C) groups is 2. The SMILES string of the molecule is CC(=O)O.CC(=O)O.CCOC(=O)CSC#N.NCC1CCS(=O)(=O)CC1.NCC1CCSCC1.O=C1CSC(=NCC2CCS(=O)(=O)CC2)N1.O=C1NC(=NCC2CCS(=O)(=O)CC2)S/C1=C\c1ccc2ncccc2c1.O=Cc1ccc2ncccc2c1. The van der Waals surface area contributed by atoms with E-state index >= 15 is 0 Å². The minimum absolute atomic E-state index is 0.00466. The van der Waals surface area contributed by atoms with Crippen LogP contribution in [0.15, 0.2) is 87.9 Å². The fourth-order valence-electron chi connectivity index (χ4n) is 8.53. The highest BCUT2D eigenvalue weighted by Gasteiger charge is 2.28. The Morgan fingerprint density at radius 1 is 0.700 bits per heavy atom. The first kappa shape index (κ1) is 78.3. The minimum atomic E-state index is -2.86. The number of amides is 2. The number of thioether (sulfide) groups is 4. The molecule has 0 atom stereocenters. The van der Waals surface area contributed by atoms with E-state index in [1.165, 1.54) is 47.9 Å². The van der Waals surface area contributed by atoms with E-state index in [0.29, 0.717) is 102 Å². The van der Waals surface area contributed by atoms with Gasteiger partial charge in [0, 0.05) is 55.7 Å². The van der Waals surface area contributed by atoms with E-state index in [1.54, 1.807) is 30.8 Å². The second-order valence-electron chi connectivity index (χ2n) is 20.8. The lowest BCUT2D eigenvalue weighted by Crippen LogP contribution is -2.27. The first-order valence-corrected chi connectivity index (χ1v) is 38.2. The molecule has 0 aliphatic carbocycles. The summed E-state index contributed by atoms with van der Waals surface area (Å²) in [7, 11) is -8.32. The van der Waals surface area contributed by atoms with Crippen LogP contribution < -0.4 is 22.1 Å². The Hall–Kier alpha value is -5.98. The Morgan fingerprint density at radius 3 is 1.57 bits per heavy atom. The first-order chi connectivity index (χ1) is 42.8. The summed E-state index contributed by atoms with van der Waals surface area (Å²) in [6, 6.07) is 19.0. The number of carboxylic acid groups (broad SMARTS) is 2. The maximum atomic E-state index is 12.2. The molecule has 6 aliphatic heterocycles. The number of rotatable bonds is 11. The van der Waals surface area contributed by atoms with Gasteiger partial charge in [-0.15, -0.1) is 0 Å². The third-order valence-electron chi connectivity index (χ3n) is 13.5. The van der Waals surface area contributed by atoms with Crippen LogP contribution in [0.25, 0.3) is 27.9 Å². The normalized spacial score (nSPS) is 19.7. The molecule has 24 nitrogen and oxygen atoms in total. The second kappa shape index (κ2) is 42.2. The maximum absolute atomic E-state index is 12.2. The van der Waals surface area contributed by atoms with Crippen molar-refractivity contribution in [3.05, 3.63) is 89.1 Å². The van der Waals surface area contributed by atoms with Crippen molar-refractivity contribution in [2.75, 3.05) is 90.3 Å². The largest absolute Gasteiger partial charge is 0.481 e. The predicted molar refractivity (Wildman–Crippen MR) is 361 cm³/mol. The number of esters is 1. The summed E-state index contributed by atoms with van der Waals surface area (Å²) in [4.78, 5) is 79.8. The molecule has 6 saturated heterocycles. The van der Waals surface area contributed by atoms with Crippen molar-refractivity contribution in [1.82, 2.24) is 20.6 Å². The zero-order valence-corrected chi connectivity index (χ0v) is 56.3. The summed E-state index contributed by atoms with van der Waals surface area (Å²) in [5.41, 5.74) is 14.4. The molecule has 8 heterocycles. The molecule has 2 aromatic carbocycles. The van der Waals surface area contributed by atoms with Crippen molar-refractivity contribution in [2.45, 2.75) is 72.1 Å². The summed E-state index contributed by atoms with van der Waals surface area (Å²) < 4.78 is 71.7. The molecule has 8 N–H and O–H groups in total. The van der Waals surface area contributed by atoms with Crippen LogP contribution in [0.5, 0.6) is 0 Å². The first-order valence-electron chi connectivity index (χ1n) is 28.8. The van der Waals surface area contributed by atoms with Gasteiger partial charge in [0.1, 0.15) is 47.0 Å². The number of benzene rings is 2. The molecule has 0 spiro atoms. The number of nitrogens with zero attached hydrogens (tertiary/aromatic N) is 5. The number of fused-ring (bicyclic) bond motifs is 2. The minimum Gasteiger partial charge on any atom is -0.481 e. The maximum Gasteiger partial charge on any atom is 0.316 e. The Bertz CT molecular complexity index is 3430. The number of aldehydes is 1. The highest BCUT2D eigenvalue weighted by Crippen LogP contribution is 2.29. The number of carboxylic acids is 2. The molecule has 2 aromatic heterocycles. The molecule has 4 aromatic rings. The predicted octanol–water partition coefficient (Wildman–Crippen LogP) is 6.50. The van der Waals surface area contributed by atoms with Crippen LogP contribution in [0.3, 0.4) is 0 Å². The number of sulfone groups is 3. The molecule has 0 unspecified atom stereocenters. The fourth-order valence-corrected chi connectivity index (χ4v) is 16.3. The molecular formula is C59H81N9O15S7. The van der Waals surface area contributed by atoms with E-state index in [0.717, 1.165) is 84.6 Å². The van der Waals surface area contributed by atoms with E-state index in [4.69, 9.17) is 36.5 Å². The van der Waals surface area contributed by atoms with Crippen LogP contribution in [0.2, 0.25) is 0 Å². The topological polar surface area (TPSA) is 405 Å². The standard InChI is InChI=1S/C19H19N3O3S2.C10H7NO.C9H14N2O3S2.C6H13NO2S.C6H13NS.C5H7NO2S.2C2H4O2/c23-18-17(11-14-3-4-16-15(10-14)2-1-7-20-16)26-19(22-18)21-12-13-5-8-27(24,25)9-6-13;12-7-8-3-4-10-9(6-8)2-1-5-11-10;12-8-6-15-9(11-8)10-5-7-1-3-16(13,14)4-2-7;7-5-6-1-3-10(8,9)4-2-6;7-5-6-1-3-8-4-2-6;1-2-8-5(7)3-9-4-6;2*1-2(3)4/h1-4,7,10-11,13H,5-6,8-9,12H2,(H,21,22,23);1-7H;7H,1-6H2,(H,10,11,12);6H,1-5,7H2;6H,1-5,7H2;2-3H2,1H3;2*1H3,(H,3,4)/b17-11-;;;;;;;. The van der Waals surface area contributed by atoms with Gasteiger partial charge in [0.2, 0.25) is 5.91 Å². The van der Waals surface area contributed by atoms with Gasteiger partial charge in [-0.25, -0.2) is 25.3 Å². The Kier molecular flexibility index (Phi) is 36.7. The molecule has 90 heavy (non-hydrogen) atoms. The van der Waals surface area contributed by atoms with E-state index in [1.807, 2.05) is 60.7 Å². The third-order valence-corrected chi connectivity index (χ3v) is 22.1. The lowest BCUT2D eigenvalue weighted by molar-refractivity contribution is -0.140. The average molecular weight is 1380 g/mol. The zero-order valence-electron chi connectivity index (χ0n) is 50.6. The number of amidine groups is 2. The van der Waals surface area contributed by atoms with Gasteiger partial charge in [-0.1, -0.05) is 30.0 Å². The molecule has 0 radical (unpaired) electrons. The monoisotopic (exact) mass is 1380 g/mol. The van der Waals surface area contributed by atoms with Gasteiger partial charge in [0.05, 0.1) is 62.8 Å².